The number of hydrogen-bond acceptors (Lipinski definition) is 11. The molecule has 6 atom stereocenters. The van der Waals surface area contributed by atoms with Crippen LogP contribution in [0.2, 0.25) is 0 Å². The van der Waals surface area contributed by atoms with Crippen LogP contribution in [-0.4, -0.2) is 86.5 Å². The average molecular weight is 793 g/mol. The van der Waals surface area contributed by atoms with E-state index in [0.717, 1.165) is 9.78 Å². The predicted octanol–water partition coefficient (Wildman–Crippen LogP) is 4.16. The summed E-state index contributed by atoms with van der Waals surface area (Å²) in [5.74, 6) is -4.54. The second-order valence-electron chi connectivity index (χ2n) is 15.3. The lowest BCUT2D eigenvalue weighted by atomic mass is 9.92. The summed E-state index contributed by atoms with van der Waals surface area (Å²) in [6.07, 6.45) is -1.14. The number of benzene rings is 1. The van der Waals surface area contributed by atoms with Crippen molar-refractivity contribution in [1.29, 1.82) is 0 Å². The highest BCUT2D eigenvalue weighted by Gasteiger charge is 2.42. The lowest BCUT2D eigenvalue weighted by Crippen LogP contribution is -2.61. The summed E-state index contributed by atoms with van der Waals surface area (Å²) in [6, 6.07) is 12.2. The molecule has 0 spiro atoms. The number of thiophene rings is 1. The van der Waals surface area contributed by atoms with Crippen molar-refractivity contribution in [1.82, 2.24) is 25.8 Å². The van der Waals surface area contributed by atoms with E-state index in [2.05, 4.69) is 20.9 Å². The van der Waals surface area contributed by atoms with Crippen LogP contribution in [-0.2, 0) is 36.8 Å². The molecule has 2 heterocycles. The van der Waals surface area contributed by atoms with Gasteiger partial charge in [0.15, 0.2) is 0 Å². The van der Waals surface area contributed by atoms with Gasteiger partial charge in [-0.15, -0.1) is 11.3 Å². The number of rotatable bonds is 18. The zero-order valence-corrected chi connectivity index (χ0v) is 34.0. The standard InChI is InChI=1S/C41H56N6O8S/c1-8-26(4)35(37(51)46-36(50)30-18-12-13-19-43-30)45-34(49)24-33(48)32(21-25(2)3)47(38(52)29(42)23-28-17-14-20-56-28)39(53)31(22-27-15-10-9-11-16-27)44-40(54)55-41(5,6)7/h9-20,25-26,29,31-33,35,48H,8,21-24,42H2,1-7H3,(H,44,54)(H,45,49)(H,46,50,51)/t26-,29-,31-,32-,33-,35-/m0/s1. The van der Waals surface area contributed by atoms with Gasteiger partial charge in [0.25, 0.3) is 11.8 Å². The number of aliphatic hydroxyl groups excluding tert-OH is 1. The molecule has 14 nitrogen and oxygen atoms in total. The SMILES string of the molecule is CC[C@H](C)[C@H](NC(=O)C[C@H](O)[C@H](CC(C)C)N(C(=O)[C@H](Cc1ccccc1)NC(=O)OC(C)(C)C)C(=O)[C@@H](N)Cc1cccs1)C(=O)NC(=O)c1ccccn1. The van der Waals surface area contributed by atoms with Gasteiger partial charge in [-0.05, 0) is 68.2 Å². The maximum absolute atomic E-state index is 14.8. The van der Waals surface area contributed by atoms with Crippen LogP contribution >= 0.6 is 11.3 Å². The quantitative estimate of drug-likeness (QED) is 0.124. The van der Waals surface area contributed by atoms with Crippen LogP contribution in [0.3, 0.4) is 0 Å². The summed E-state index contributed by atoms with van der Waals surface area (Å²) in [5.41, 5.74) is 6.29. The third-order valence-electron chi connectivity index (χ3n) is 8.89. The van der Waals surface area contributed by atoms with Gasteiger partial charge >= 0.3 is 6.09 Å². The zero-order valence-electron chi connectivity index (χ0n) is 33.2. The van der Waals surface area contributed by atoms with E-state index in [1.165, 1.54) is 23.6 Å². The number of nitrogens with two attached hydrogens (primary N) is 1. The number of aromatic nitrogens is 1. The fourth-order valence-corrected chi connectivity index (χ4v) is 6.71. The molecule has 3 aromatic rings. The van der Waals surface area contributed by atoms with Crippen molar-refractivity contribution < 1.29 is 38.6 Å². The van der Waals surface area contributed by atoms with Crippen molar-refractivity contribution in [3.63, 3.8) is 0 Å². The molecule has 6 N–H and O–H groups in total. The smallest absolute Gasteiger partial charge is 0.408 e. The Morgan fingerprint density at radius 2 is 1.59 bits per heavy atom. The van der Waals surface area contributed by atoms with E-state index in [0.29, 0.717) is 12.0 Å². The van der Waals surface area contributed by atoms with Crippen molar-refractivity contribution in [2.45, 2.75) is 116 Å². The fraction of sp³-hybridized carbons (Fsp3) is 0.488. The van der Waals surface area contributed by atoms with Crippen LogP contribution < -0.4 is 21.7 Å². The summed E-state index contributed by atoms with van der Waals surface area (Å²) in [4.78, 5) is 87.8. The first kappa shape index (κ1) is 45.4. The molecule has 56 heavy (non-hydrogen) atoms. The zero-order chi connectivity index (χ0) is 41.6. The molecule has 0 radical (unpaired) electrons. The van der Waals surface area contributed by atoms with E-state index in [-0.39, 0.29) is 30.9 Å². The minimum atomic E-state index is -1.63. The third kappa shape index (κ3) is 14.3. The van der Waals surface area contributed by atoms with Crippen LogP contribution in [0.4, 0.5) is 4.79 Å². The highest BCUT2D eigenvalue weighted by Crippen LogP contribution is 2.23. The number of pyridine rings is 1. The molecule has 0 aliphatic heterocycles. The number of amides is 6. The Morgan fingerprint density at radius 3 is 2.16 bits per heavy atom. The van der Waals surface area contributed by atoms with Crippen LogP contribution in [0.15, 0.2) is 72.2 Å². The Kier molecular flexibility index (Phi) is 17.3. The molecule has 3 rings (SSSR count). The Labute approximate surface area is 333 Å². The highest BCUT2D eigenvalue weighted by molar-refractivity contribution is 7.09. The molecular formula is C41H56N6O8S. The highest BCUT2D eigenvalue weighted by atomic mass is 32.1. The number of carbonyl (C=O) groups is 6. The minimum Gasteiger partial charge on any atom is -0.444 e. The van der Waals surface area contributed by atoms with Crippen LogP contribution in [0.5, 0.6) is 0 Å². The number of ether oxygens (including phenoxy) is 1. The summed E-state index contributed by atoms with van der Waals surface area (Å²) in [6.45, 7) is 12.2. The van der Waals surface area contributed by atoms with E-state index in [1.54, 1.807) is 70.2 Å². The Hall–Kier alpha value is -4.99. The summed E-state index contributed by atoms with van der Waals surface area (Å²) >= 11 is 1.39. The second kappa shape index (κ2) is 21.3. The van der Waals surface area contributed by atoms with Gasteiger partial charge in [-0.2, -0.15) is 0 Å². The lowest BCUT2D eigenvalue weighted by Gasteiger charge is -2.38. The fourth-order valence-electron chi connectivity index (χ4n) is 5.94. The number of hydrogen-bond donors (Lipinski definition) is 5. The normalized spacial score (nSPS) is 14.7. The molecule has 6 amide bonds. The van der Waals surface area contributed by atoms with E-state index in [4.69, 9.17) is 10.5 Å². The van der Waals surface area contributed by atoms with Crippen LogP contribution in [0.1, 0.15) is 88.7 Å². The second-order valence-corrected chi connectivity index (χ2v) is 16.3. The topological polar surface area (TPSA) is 210 Å². The number of aliphatic hydroxyl groups is 1. The first-order valence-corrected chi connectivity index (χ1v) is 19.7. The number of nitrogens with zero attached hydrogens (tertiary/aromatic N) is 2. The van der Waals surface area contributed by atoms with Gasteiger partial charge in [0.2, 0.25) is 17.7 Å². The third-order valence-corrected chi connectivity index (χ3v) is 9.79. The molecule has 0 saturated heterocycles. The van der Waals surface area contributed by atoms with Crippen molar-refractivity contribution in [3.05, 3.63) is 88.4 Å². The summed E-state index contributed by atoms with van der Waals surface area (Å²) < 4.78 is 5.48. The Bertz CT molecular complexity index is 1750. The molecule has 304 valence electrons. The van der Waals surface area contributed by atoms with Crippen LogP contribution in [0.25, 0.3) is 0 Å². The number of carbonyl (C=O) groups excluding carboxylic acids is 6. The molecule has 0 fully saturated rings. The largest absolute Gasteiger partial charge is 0.444 e. The number of nitrogens with one attached hydrogen (secondary N) is 3. The molecule has 0 bridgehead atoms. The van der Waals surface area contributed by atoms with Crippen molar-refractivity contribution in [2.75, 3.05) is 0 Å². The molecule has 15 heteroatoms. The van der Waals surface area contributed by atoms with Gasteiger partial charge in [0, 0.05) is 23.9 Å². The molecule has 0 saturated carbocycles. The average Bonchev–Trinajstić information content (AvgIpc) is 3.65. The molecule has 0 aliphatic carbocycles. The van der Waals surface area contributed by atoms with E-state index in [1.807, 2.05) is 38.3 Å². The Morgan fingerprint density at radius 1 is 0.911 bits per heavy atom. The summed E-state index contributed by atoms with van der Waals surface area (Å²) in [7, 11) is 0. The molecule has 1 aromatic carbocycles. The molecule has 0 unspecified atom stereocenters. The van der Waals surface area contributed by atoms with E-state index < -0.39 is 83.8 Å². The predicted molar refractivity (Wildman–Crippen MR) is 213 cm³/mol. The van der Waals surface area contributed by atoms with Gasteiger partial charge in [-0.25, -0.2) is 4.79 Å². The van der Waals surface area contributed by atoms with Crippen LogP contribution in [0, 0.1) is 11.8 Å². The number of alkyl carbamates (subject to hydrolysis) is 1. The molecule has 0 aliphatic rings. The monoisotopic (exact) mass is 792 g/mol. The van der Waals surface area contributed by atoms with Gasteiger partial charge < -0.3 is 26.2 Å². The van der Waals surface area contributed by atoms with Gasteiger partial charge in [-0.3, -0.25) is 39.2 Å². The van der Waals surface area contributed by atoms with Gasteiger partial charge in [-0.1, -0.05) is 76.6 Å². The van der Waals surface area contributed by atoms with E-state index >= 15 is 0 Å². The van der Waals surface area contributed by atoms with E-state index in [9.17, 15) is 33.9 Å². The lowest BCUT2D eigenvalue weighted by molar-refractivity contribution is -0.154. The van der Waals surface area contributed by atoms with Crippen molar-refractivity contribution in [2.24, 2.45) is 17.6 Å². The first-order chi connectivity index (χ1) is 26.4. The minimum absolute atomic E-state index is 0.0143. The molecular weight excluding hydrogens is 737 g/mol. The van der Waals surface area contributed by atoms with Crippen molar-refractivity contribution >= 4 is 47.0 Å². The van der Waals surface area contributed by atoms with Crippen molar-refractivity contribution in [3.8, 4) is 0 Å². The maximum Gasteiger partial charge on any atom is 0.408 e. The first-order valence-electron chi connectivity index (χ1n) is 18.8. The maximum atomic E-state index is 14.8. The Balaban J connectivity index is 1.99. The molecule has 2 aromatic heterocycles. The number of imide groups is 2. The van der Waals surface area contributed by atoms with Gasteiger partial charge in [0.1, 0.15) is 23.4 Å². The summed E-state index contributed by atoms with van der Waals surface area (Å²) in [5, 5.41) is 21.3. The van der Waals surface area contributed by atoms with Gasteiger partial charge in [0.05, 0.1) is 24.6 Å².